The Bertz CT molecular complexity index is 243. The second-order valence-corrected chi connectivity index (χ2v) is 6.68. The second kappa shape index (κ2) is 8.26. The molecule has 1 saturated heterocycles. The molecule has 3 unspecified atom stereocenters. The summed E-state index contributed by atoms with van der Waals surface area (Å²) in [5, 5.41) is 10.2. The highest BCUT2D eigenvalue weighted by Crippen LogP contribution is 2.35. The maximum atomic E-state index is 10.2. The Kier molecular flexibility index (Phi) is 6.66. The molecule has 2 heteroatoms. The largest absolute Gasteiger partial charge is 0.393 e. The van der Waals surface area contributed by atoms with E-state index in [9.17, 15) is 5.11 Å². The van der Waals surface area contributed by atoms with Crippen LogP contribution in [-0.4, -0.2) is 35.2 Å². The number of hydrogen-bond acceptors (Lipinski definition) is 2. The SMILES string of the molecule is CCCCCCCN1CCCCC1C1CCCC1O. The molecule has 2 rings (SSSR count). The van der Waals surface area contributed by atoms with E-state index in [0.717, 1.165) is 6.42 Å². The molecule has 1 aliphatic carbocycles. The summed E-state index contributed by atoms with van der Waals surface area (Å²) in [5.74, 6) is 0.580. The zero-order chi connectivity index (χ0) is 13.5. The average molecular weight is 267 g/mol. The van der Waals surface area contributed by atoms with Gasteiger partial charge in [-0.05, 0) is 45.2 Å². The number of nitrogens with zero attached hydrogens (tertiary/aromatic N) is 1. The lowest BCUT2D eigenvalue weighted by molar-refractivity contribution is 0.0347. The van der Waals surface area contributed by atoms with Crippen molar-refractivity contribution in [3.63, 3.8) is 0 Å². The molecule has 3 atom stereocenters. The molecule has 0 spiro atoms. The van der Waals surface area contributed by atoms with Crippen molar-refractivity contribution in [1.29, 1.82) is 0 Å². The van der Waals surface area contributed by atoms with Gasteiger partial charge in [-0.1, -0.05) is 45.4 Å². The first-order valence-corrected chi connectivity index (χ1v) is 8.75. The van der Waals surface area contributed by atoms with Gasteiger partial charge >= 0.3 is 0 Å². The maximum absolute atomic E-state index is 10.2. The van der Waals surface area contributed by atoms with E-state index >= 15 is 0 Å². The molecule has 0 aromatic rings. The fourth-order valence-corrected chi connectivity index (χ4v) is 4.12. The zero-order valence-corrected chi connectivity index (χ0v) is 12.8. The summed E-state index contributed by atoms with van der Waals surface area (Å²) in [6.07, 6.45) is 14.5. The summed E-state index contributed by atoms with van der Waals surface area (Å²) in [5.41, 5.74) is 0. The number of hydrogen-bond donors (Lipinski definition) is 1. The third kappa shape index (κ3) is 4.46. The maximum Gasteiger partial charge on any atom is 0.0583 e. The highest BCUT2D eigenvalue weighted by Gasteiger charge is 2.36. The van der Waals surface area contributed by atoms with Crippen molar-refractivity contribution in [3.8, 4) is 0 Å². The van der Waals surface area contributed by atoms with Gasteiger partial charge in [0.2, 0.25) is 0 Å². The van der Waals surface area contributed by atoms with E-state index in [1.165, 1.54) is 77.3 Å². The van der Waals surface area contributed by atoms with Crippen LogP contribution in [-0.2, 0) is 0 Å². The van der Waals surface area contributed by atoms with Crippen LogP contribution in [0.4, 0.5) is 0 Å². The quantitative estimate of drug-likeness (QED) is 0.705. The first-order chi connectivity index (χ1) is 9.33. The van der Waals surface area contributed by atoms with Crippen LogP contribution in [0.15, 0.2) is 0 Å². The minimum Gasteiger partial charge on any atom is -0.393 e. The van der Waals surface area contributed by atoms with Crippen LogP contribution in [0.25, 0.3) is 0 Å². The van der Waals surface area contributed by atoms with Crippen LogP contribution in [0.3, 0.4) is 0 Å². The summed E-state index contributed by atoms with van der Waals surface area (Å²) >= 11 is 0. The summed E-state index contributed by atoms with van der Waals surface area (Å²) in [6.45, 7) is 4.83. The van der Waals surface area contributed by atoms with Gasteiger partial charge in [0, 0.05) is 12.0 Å². The van der Waals surface area contributed by atoms with Crippen LogP contribution in [0.1, 0.15) is 77.6 Å². The minimum atomic E-state index is -0.00862. The Morgan fingerprint density at radius 1 is 0.947 bits per heavy atom. The van der Waals surface area contributed by atoms with Gasteiger partial charge in [-0.2, -0.15) is 0 Å². The van der Waals surface area contributed by atoms with Crippen LogP contribution < -0.4 is 0 Å². The third-order valence-corrected chi connectivity index (χ3v) is 5.24. The summed E-state index contributed by atoms with van der Waals surface area (Å²) < 4.78 is 0. The standard InChI is InChI=1S/C17H33NO/c1-2-3-4-5-7-13-18-14-8-6-11-16(18)15-10-9-12-17(15)19/h15-17,19H,2-14H2,1H3. The molecule has 0 aromatic carbocycles. The highest BCUT2D eigenvalue weighted by molar-refractivity contribution is 4.90. The van der Waals surface area contributed by atoms with Crippen LogP contribution >= 0.6 is 0 Å². The third-order valence-electron chi connectivity index (χ3n) is 5.24. The molecule has 0 amide bonds. The normalized spacial score (nSPS) is 32.8. The van der Waals surface area contributed by atoms with E-state index < -0.39 is 0 Å². The van der Waals surface area contributed by atoms with Crippen molar-refractivity contribution in [1.82, 2.24) is 4.90 Å². The summed E-state index contributed by atoms with van der Waals surface area (Å²) in [7, 11) is 0. The molecule has 112 valence electrons. The van der Waals surface area contributed by atoms with Crippen molar-refractivity contribution in [2.75, 3.05) is 13.1 Å². The number of aliphatic hydroxyl groups excluding tert-OH is 1. The highest BCUT2D eigenvalue weighted by atomic mass is 16.3. The molecule has 0 aromatic heterocycles. The molecule has 2 aliphatic rings. The number of aliphatic hydroxyl groups is 1. The second-order valence-electron chi connectivity index (χ2n) is 6.68. The number of piperidine rings is 1. The topological polar surface area (TPSA) is 23.5 Å². The van der Waals surface area contributed by atoms with Crippen molar-refractivity contribution in [2.24, 2.45) is 5.92 Å². The molecular formula is C17H33NO. The zero-order valence-electron chi connectivity index (χ0n) is 12.8. The van der Waals surface area contributed by atoms with Crippen LogP contribution in [0.5, 0.6) is 0 Å². The predicted molar refractivity (Wildman–Crippen MR) is 81.3 cm³/mol. The van der Waals surface area contributed by atoms with E-state index in [-0.39, 0.29) is 6.10 Å². The lowest BCUT2D eigenvalue weighted by atomic mass is 9.87. The molecular weight excluding hydrogens is 234 g/mol. The molecule has 0 bridgehead atoms. The summed E-state index contributed by atoms with van der Waals surface area (Å²) in [4.78, 5) is 2.72. The lowest BCUT2D eigenvalue weighted by Gasteiger charge is -2.40. The Hall–Kier alpha value is -0.0800. The van der Waals surface area contributed by atoms with Crippen molar-refractivity contribution >= 4 is 0 Å². The smallest absolute Gasteiger partial charge is 0.0583 e. The number of rotatable bonds is 7. The lowest BCUT2D eigenvalue weighted by Crippen LogP contribution is -2.46. The fourth-order valence-electron chi connectivity index (χ4n) is 4.12. The molecule has 2 nitrogen and oxygen atoms in total. The molecule has 19 heavy (non-hydrogen) atoms. The van der Waals surface area contributed by atoms with Gasteiger partial charge in [0.05, 0.1) is 6.10 Å². The van der Waals surface area contributed by atoms with Crippen LogP contribution in [0, 0.1) is 5.92 Å². The molecule has 1 aliphatic heterocycles. The van der Waals surface area contributed by atoms with Crippen LogP contribution in [0.2, 0.25) is 0 Å². The van der Waals surface area contributed by atoms with Gasteiger partial charge in [-0.15, -0.1) is 0 Å². The van der Waals surface area contributed by atoms with E-state index in [1.807, 2.05) is 0 Å². The van der Waals surface area contributed by atoms with Gasteiger partial charge in [0.15, 0.2) is 0 Å². The Morgan fingerprint density at radius 3 is 2.53 bits per heavy atom. The Morgan fingerprint density at radius 2 is 1.79 bits per heavy atom. The molecule has 1 heterocycles. The fraction of sp³-hybridized carbons (Fsp3) is 1.00. The van der Waals surface area contributed by atoms with E-state index in [2.05, 4.69) is 11.8 Å². The van der Waals surface area contributed by atoms with Crippen molar-refractivity contribution in [2.45, 2.75) is 89.7 Å². The van der Waals surface area contributed by atoms with Gasteiger partial charge in [0.25, 0.3) is 0 Å². The van der Waals surface area contributed by atoms with Gasteiger partial charge in [-0.3, -0.25) is 0 Å². The monoisotopic (exact) mass is 267 g/mol. The average Bonchev–Trinajstić information content (AvgIpc) is 2.85. The molecule has 0 radical (unpaired) electrons. The number of likely N-dealkylation sites (tertiary alicyclic amines) is 1. The molecule has 1 N–H and O–H groups in total. The van der Waals surface area contributed by atoms with Gasteiger partial charge in [0.1, 0.15) is 0 Å². The molecule has 2 fully saturated rings. The first-order valence-electron chi connectivity index (χ1n) is 8.75. The van der Waals surface area contributed by atoms with Crippen molar-refractivity contribution in [3.05, 3.63) is 0 Å². The van der Waals surface area contributed by atoms with Gasteiger partial charge < -0.3 is 10.0 Å². The molecule has 1 saturated carbocycles. The Balaban J connectivity index is 1.75. The predicted octanol–water partition coefficient (Wildman–Crippen LogP) is 3.97. The summed E-state index contributed by atoms with van der Waals surface area (Å²) in [6, 6.07) is 0.692. The van der Waals surface area contributed by atoms with E-state index in [4.69, 9.17) is 0 Å². The first kappa shape index (κ1) is 15.3. The Labute approximate surface area is 119 Å². The van der Waals surface area contributed by atoms with E-state index in [0.29, 0.717) is 12.0 Å². The van der Waals surface area contributed by atoms with E-state index in [1.54, 1.807) is 0 Å². The number of unbranched alkanes of at least 4 members (excludes halogenated alkanes) is 4. The van der Waals surface area contributed by atoms with Crippen molar-refractivity contribution < 1.29 is 5.11 Å². The minimum absolute atomic E-state index is 0.00862. The van der Waals surface area contributed by atoms with Gasteiger partial charge in [-0.25, -0.2) is 0 Å².